The van der Waals surface area contributed by atoms with Gasteiger partial charge in [-0.1, -0.05) is 19.2 Å². The molecule has 12 heavy (non-hydrogen) atoms. The summed E-state index contributed by atoms with van der Waals surface area (Å²) in [6.07, 6.45) is 1.08. The third-order valence-corrected chi connectivity index (χ3v) is 1.84. The molecule has 0 saturated carbocycles. The Kier molecular flexibility index (Phi) is 4.28. The Morgan fingerprint density at radius 1 is 1.25 bits per heavy atom. The van der Waals surface area contributed by atoms with Gasteiger partial charge in [-0.2, -0.15) is 0 Å². The number of hydrogen-bond donors (Lipinski definition) is 1. The molecule has 0 aliphatic carbocycles. The Balaban J connectivity index is 3.57. The van der Waals surface area contributed by atoms with Crippen LogP contribution in [-0.2, 0) is 4.74 Å². The molecule has 0 radical (unpaired) electrons. The summed E-state index contributed by atoms with van der Waals surface area (Å²) in [5.74, 6) is 0. The van der Waals surface area contributed by atoms with Gasteiger partial charge in [-0.3, -0.25) is 0 Å². The van der Waals surface area contributed by atoms with Crippen LogP contribution in [0, 0.1) is 0 Å². The molecule has 0 rings (SSSR count). The van der Waals surface area contributed by atoms with E-state index in [1.165, 1.54) is 0 Å². The molecule has 0 aromatic heterocycles. The van der Waals surface area contributed by atoms with Crippen molar-refractivity contribution in [2.45, 2.75) is 45.0 Å². The minimum atomic E-state index is -0.161. The molecule has 0 amide bonds. The van der Waals surface area contributed by atoms with E-state index in [0.717, 1.165) is 13.0 Å². The predicted octanol–water partition coefficient (Wildman–Crippen LogP) is 0.962. The van der Waals surface area contributed by atoms with Gasteiger partial charge in [0, 0.05) is 13.2 Å². The normalized spacial score (nSPS) is 13.4. The van der Waals surface area contributed by atoms with Gasteiger partial charge in [0.25, 0.3) is 0 Å². The summed E-state index contributed by atoms with van der Waals surface area (Å²) in [6.45, 7) is 9.85. The van der Waals surface area contributed by atoms with Crippen molar-refractivity contribution in [3.63, 3.8) is 0 Å². The monoisotopic (exact) mass is 171 g/mol. The summed E-state index contributed by atoms with van der Waals surface area (Å²) in [7, 11) is 2.21. The Bertz CT molecular complexity index is 129. The third kappa shape index (κ3) is 6.68. The first kappa shape index (κ1) is 12.0. The molecule has 0 heterocycles. The van der Waals surface area contributed by atoms with E-state index in [9.17, 15) is 0 Å². The molecule has 0 saturated heterocycles. The Hall–Kier alpha value is -0.0151. The summed E-state index contributed by atoms with van der Waals surface area (Å²) >= 11 is 0. The van der Waals surface area contributed by atoms with Crippen LogP contribution in [0.5, 0.6) is 0 Å². The van der Waals surface area contributed by atoms with E-state index >= 15 is 0 Å². The van der Waals surface area contributed by atoms with Crippen molar-refractivity contribution >= 4 is 7.85 Å². The highest BCUT2D eigenvalue weighted by Crippen LogP contribution is 2.24. The number of rotatable bonds is 5. The van der Waals surface area contributed by atoms with Gasteiger partial charge >= 0.3 is 0 Å². The van der Waals surface area contributed by atoms with E-state index in [1.54, 1.807) is 0 Å². The lowest BCUT2D eigenvalue weighted by Gasteiger charge is -2.26. The molecule has 0 atom stereocenters. The molecule has 0 bridgehead atoms. The van der Waals surface area contributed by atoms with Crippen LogP contribution in [0.3, 0.4) is 0 Å². The highest BCUT2D eigenvalue weighted by molar-refractivity contribution is 6.14. The van der Waals surface area contributed by atoms with Crippen LogP contribution < -0.4 is 5.73 Å². The minimum absolute atomic E-state index is 0.161. The largest absolute Gasteiger partial charge is 0.374 e. The molecular formula is C9H22BNO. The summed E-state index contributed by atoms with van der Waals surface area (Å²) < 4.78 is 5.63. The number of nitrogens with two attached hydrogens (primary N) is 1. The second kappa shape index (κ2) is 4.29. The summed E-state index contributed by atoms with van der Waals surface area (Å²) in [4.78, 5) is 0. The van der Waals surface area contributed by atoms with Gasteiger partial charge in [0.15, 0.2) is 0 Å². The van der Waals surface area contributed by atoms with Crippen LogP contribution in [0.15, 0.2) is 0 Å². The first-order valence-corrected chi connectivity index (χ1v) is 4.61. The van der Waals surface area contributed by atoms with E-state index in [0.29, 0.717) is 11.9 Å². The zero-order chi connectivity index (χ0) is 9.83. The van der Waals surface area contributed by atoms with Crippen LogP contribution in [-0.4, -0.2) is 26.6 Å². The lowest BCUT2D eigenvalue weighted by atomic mass is 9.70. The maximum Gasteiger partial charge on any atom is 0.108 e. The molecule has 0 unspecified atom stereocenters. The molecule has 3 heteroatoms. The van der Waals surface area contributed by atoms with Crippen molar-refractivity contribution in [1.29, 1.82) is 0 Å². The third-order valence-electron chi connectivity index (χ3n) is 1.84. The molecule has 0 spiro atoms. The minimum Gasteiger partial charge on any atom is -0.374 e. The maximum atomic E-state index is 5.63. The second-order valence-electron chi connectivity index (χ2n) is 5.12. The average Bonchev–Trinajstić information content (AvgIpc) is 1.84. The molecule has 72 valence electrons. The number of ether oxygens (including phenoxy) is 1. The van der Waals surface area contributed by atoms with Gasteiger partial charge in [0.05, 0.1) is 5.60 Å². The second-order valence-corrected chi connectivity index (χ2v) is 5.12. The SMILES string of the molecule is BC(C)(C)CCOC(C)(C)CN. The zero-order valence-corrected chi connectivity index (χ0v) is 9.11. The molecule has 0 aromatic rings. The first-order chi connectivity index (χ1) is 5.27. The average molecular weight is 171 g/mol. The lowest BCUT2D eigenvalue weighted by Crippen LogP contribution is -2.34. The van der Waals surface area contributed by atoms with Crippen LogP contribution in [0.4, 0.5) is 0 Å². The predicted molar refractivity (Wildman–Crippen MR) is 56.3 cm³/mol. The Labute approximate surface area is 77.3 Å². The van der Waals surface area contributed by atoms with Crippen molar-refractivity contribution in [2.24, 2.45) is 5.73 Å². The molecule has 0 aliphatic heterocycles. The highest BCUT2D eigenvalue weighted by Gasteiger charge is 2.17. The van der Waals surface area contributed by atoms with Crippen LogP contribution >= 0.6 is 0 Å². The van der Waals surface area contributed by atoms with E-state index in [1.807, 2.05) is 13.8 Å². The number of hydrogen-bond acceptors (Lipinski definition) is 2. The van der Waals surface area contributed by atoms with Gasteiger partial charge in [-0.05, 0) is 20.3 Å². The molecular weight excluding hydrogens is 149 g/mol. The standard InChI is InChI=1S/C9H22BNO/c1-8(2,10)5-6-12-9(3,4)7-11/h5-7,10-11H2,1-4H3. The maximum absolute atomic E-state index is 5.63. The molecule has 2 nitrogen and oxygen atoms in total. The summed E-state index contributed by atoms with van der Waals surface area (Å²) in [5.41, 5.74) is 5.37. The van der Waals surface area contributed by atoms with Gasteiger partial charge in [0.1, 0.15) is 7.85 Å². The topological polar surface area (TPSA) is 35.2 Å². The van der Waals surface area contributed by atoms with E-state index in [4.69, 9.17) is 10.5 Å². The fourth-order valence-electron chi connectivity index (χ4n) is 0.692. The Morgan fingerprint density at radius 3 is 2.08 bits per heavy atom. The fraction of sp³-hybridized carbons (Fsp3) is 1.00. The van der Waals surface area contributed by atoms with Gasteiger partial charge in [0.2, 0.25) is 0 Å². The summed E-state index contributed by atoms with van der Waals surface area (Å²) in [5, 5.41) is 0.352. The van der Waals surface area contributed by atoms with Gasteiger partial charge in [-0.15, -0.1) is 0 Å². The van der Waals surface area contributed by atoms with Crippen LogP contribution in [0.25, 0.3) is 0 Å². The molecule has 2 N–H and O–H groups in total. The smallest absolute Gasteiger partial charge is 0.108 e. The van der Waals surface area contributed by atoms with Crippen molar-refractivity contribution in [3.05, 3.63) is 0 Å². The van der Waals surface area contributed by atoms with Crippen molar-refractivity contribution < 1.29 is 4.74 Å². The van der Waals surface area contributed by atoms with Crippen LogP contribution in [0.2, 0.25) is 5.31 Å². The van der Waals surface area contributed by atoms with E-state index in [-0.39, 0.29) is 5.60 Å². The first-order valence-electron chi connectivity index (χ1n) is 4.61. The quantitative estimate of drug-likeness (QED) is 0.625. The van der Waals surface area contributed by atoms with Crippen molar-refractivity contribution in [3.8, 4) is 0 Å². The van der Waals surface area contributed by atoms with Gasteiger partial charge < -0.3 is 10.5 Å². The molecule has 0 aromatic carbocycles. The highest BCUT2D eigenvalue weighted by atomic mass is 16.5. The van der Waals surface area contributed by atoms with Crippen molar-refractivity contribution in [1.82, 2.24) is 0 Å². The summed E-state index contributed by atoms with van der Waals surface area (Å²) in [6, 6.07) is 0. The molecule has 0 aliphatic rings. The van der Waals surface area contributed by atoms with E-state index in [2.05, 4.69) is 21.7 Å². The van der Waals surface area contributed by atoms with Crippen LogP contribution in [0.1, 0.15) is 34.1 Å². The fourth-order valence-corrected chi connectivity index (χ4v) is 0.692. The zero-order valence-electron chi connectivity index (χ0n) is 9.11. The molecule has 0 fully saturated rings. The Morgan fingerprint density at radius 2 is 1.75 bits per heavy atom. The lowest BCUT2D eigenvalue weighted by molar-refractivity contribution is -0.0141. The van der Waals surface area contributed by atoms with Gasteiger partial charge in [-0.25, -0.2) is 0 Å². The van der Waals surface area contributed by atoms with E-state index < -0.39 is 0 Å². The van der Waals surface area contributed by atoms with Crippen molar-refractivity contribution in [2.75, 3.05) is 13.2 Å².